The Morgan fingerprint density at radius 2 is 2.07 bits per heavy atom. The first-order valence-corrected chi connectivity index (χ1v) is 10.2. The molecule has 1 amide bonds. The normalized spacial score (nSPS) is 16.0. The fourth-order valence-corrected chi connectivity index (χ4v) is 4.58. The number of hydrogen-bond donors (Lipinski definition) is 2. The van der Waals surface area contributed by atoms with Gasteiger partial charge in [-0.15, -0.1) is 36.2 Å². The predicted molar refractivity (Wildman–Crippen MR) is 124 cm³/mol. The van der Waals surface area contributed by atoms with Crippen LogP contribution in [-0.4, -0.2) is 39.8 Å². The van der Waals surface area contributed by atoms with Crippen LogP contribution in [0, 0.1) is 13.8 Å². The summed E-state index contributed by atoms with van der Waals surface area (Å²) >= 11 is 1.75. The van der Waals surface area contributed by atoms with Crippen molar-refractivity contribution >= 4 is 53.1 Å². The summed E-state index contributed by atoms with van der Waals surface area (Å²) in [5, 5.41) is 11.8. The molecule has 4 heterocycles. The second-order valence-electron chi connectivity index (χ2n) is 7.47. The second-order valence-corrected chi connectivity index (χ2v) is 8.93. The maximum atomic E-state index is 13.1. The van der Waals surface area contributed by atoms with Crippen molar-refractivity contribution in [1.29, 1.82) is 0 Å². The number of nitrogens with one attached hydrogen (secondary N) is 2. The van der Waals surface area contributed by atoms with Crippen LogP contribution in [0.1, 0.15) is 46.4 Å². The minimum absolute atomic E-state index is 0. The molecule has 3 aromatic rings. The number of halogens is 2. The molecule has 6 nitrogen and oxygen atoms in total. The highest BCUT2D eigenvalue weighted by atomic mass is 35.5. The lowest BCUT2D eigenvalue weighted by molar-refractivity contribution is 0.0941. The summed E-state index contributed by atoms with van der Waals surface area (Å²) in [5.74, 6) is -0.0507. The summed E-state index contributed by atoms with van der Waals surface area (Å²) in [4.78, 5) is 20.4. The molecule has 0 aromatic carbocycles. The zero-order valence-corrected chi connectivity index (χ0v) is 19.4. The molecule has 0 saturated carbocycles. The van der Waals surface area contributed by atoms with Crippen LogP contribution in [0.5, 0.6) is 0 Å². The van der Waals surface area contributed by atoms with E-state index >= 15 is 0 Å². The average Bonchev–Trinajstić information content (AvgIpc) is 3.33. The van der Waals surface area contributed by atoms with Crippen molar-refractivity contribution in [1.82, 2.24) is 25.4 Å². The first-order valence-electron chi connectivity index (χ1n) is 9.41. The molecule has 1 unspecified atom stereocenters. The highest BCUT2D eigenvalue weighted by Gasteiger charge is 2.23. The number of amides is 1. The van der Waals surface area contributed by atoms with Crippen LogP contribution in [0.2, 0.25) is 0 Å². The number of nitrogens with zero attached hydrogens (tertiary/aromatic N) is 3. The van der Waals surface area contributed by atoms with Crippen LogP contribution < -0.4 is 10.6 Å². The fourth-order valence-electron chi connectivity index (χ4n) is 3.65. The highest BCUT2D eigenvalue weighted by molar-refractivity contribution is 7.12. The lowest BCUT2D eigenvalue weighted by Gasteiger charge is -2.14. The molecule has 158 valence electrons. The molecule has 1 fully saturated rings. The van der Waals surface area contributed by atoms with Gasteiger partial charge in [0.2, 0.25) is 0 Å². The molecular weight excluding hydrogens is 429 g/mol. The zero-order chi connectivity index (χ0) is 19.1. The Labute approximate surface area is 187 Å². The number of carbonyl (C=O) groups excluding carboxylic acids is 1. The van der Waals surface area contributed by atoms with Crippen LogP contribution >= 0.6 is 36.2 Å². The van der Waals surface area contributed by atoms with Crippen LogP contribution in [0.4, 0.5) is 0 Å². The number of hydrogen-bond acceptors (Lipinski definition) is 5. The molecule has 1 atom stereocenters. The number of carbonyl (C=O) groups is 1. The van der Waals surface area contributed by atoms with Gasteiger partial charge in [-0.25, -0.2) is 9.67 Å². The van der Waals surface area contributed by atoms with E-state index in [4.69, 9.17) is 4.98 Å². The van der Waals surface area contributed by atoms with Crippen LogP contribution in [0.15, 0.2) is 18.3 Å². The zero-order valence-electron chi connectivity index (χ0n) is 17.0. The van der Waals surface area contributed by atoms with E-state index in [0.717, 1.165) is 41.8 Å². The smallest absolute Gasteiger partial charge is 0.252 e. The number of thiophene rings is 1. The summed E-state index contributed by atoms with van der Waals surface area (Å²) in [6, 6.07) is 4.41. The first-order chi connectivity index (χ1) is 12.9. The number of aryl methyl sites for hydroxylation is 2. The van der Waals surface area contributed by atoms with E-state index in [1.807, 2.05) is 10.7 Å². The van der Waals surface area contributed by atoms with E-state index in [2.05, 4.69) is 49.5 Å². The third-order valence-electron chi connectivity index (χ3n) is 5.01. The molecule has 0 radical (unpaired) electrons. The number of aromatic nitrogens is 3. The van der Waals surface area contributed by atoms with Gasteiger partial charge >= 0.3 is 0 Å². The molecule has 3 aromatic heterocycles. The van der Waals surface area contributed by atoms with Gasteiger partial charge in [0, 0.05) is 33.9 Å². The Kier molecular flexibility index (Phi) is 7.67. The van der Waals surface area contributed by atoms with Gasteiger partial charge in [0.05, 0.1) is 22.8 Å². The summed E-state index contributed by atoms with van der Waals surface area (Å²) in [7, 11) is 0. The van der Waals surface area contributed by atoms with Crippen molar-refractivity contribution in [3.63, 3.8) is 0 Å². The highest BCUT2D eigenvalue weighted by Crippen LogP contribution is 2.32. The average molecular weight is 456 g/mol. The van der Waals surface area contributed by atoms with Gasteiger partial charge in [0.1, 0.15) is 0 Å². The van der Waals surface area contributed by atoms with Gasteiger partial charge < -0.3 is 10.6 Å². The minimum atomic E-state index is -0.0507. The molecule has 1 saturated heterocycles. The Morgan fingerprint density at radius 3 is 2.66 bits per heavy atom. The maximum absolute atomic E-state index is 13.1. The fraction of sp³-hybridized carbons (Fsp3) is 0.450. The van der Waals surface area contributed by atoms with Crippen LogP contribution in [0.25, 0.3) is 22.3 Å². The summed E-state index contributed by atoms with van der Waals surface area (Å²) in [5.41, 5.74) is 3.34. The summed E-state index contributed by atoms with van der Waals surface area (Å²) < 4.78 is 1.89. The molecule has 29 heavy (non-hydrogen) atoms. The molecule has 1 aliphatic heterocycles. The monoisotopic (exact) mass is 455 g/mol. The van der Waals surface area contributed by atoms with Gasteiger partial charge in [0.15, 0.2) is 5.65 Å². The third kappa shape index (κ3) is 4.58. The Bertz CT molecular complexity index is 1010. The van der Waals surface area contributed by atoms with Crippen molar-refractivity contribution < 1.29 is 4.79 Å². The molecule has 1 aliphatic rings. The van der Waals surface area contributed by atoms with E-state index in [1.165, 1.54) is 9.75 Å². The van der Waals surface area contributed by atoms with Crippen LogP contribution in [-0.2, 0) is 0 Å². The molecule has 0 bridgehead atoms. The van der Waals surface area contributed by atoms with E-state index in [9.17, 15) is 4.79 Å². The van der Waals surface area contributed by atoms with Gasteiger partial charge in [0.25, 0.3) is 5.91 Å². The van der Waals surface area contributed by atoms with Gasteiger partial charge in [-0.05, 0) is 52.8 Å². The van der Waals surface area contributed by atoms with Crippen molar-refractivity contribution in [3.05, 3.63) is 33.6 Å². The lowest BCUT2D eigenvalue weighted by atomic mass is 10.1. The Balaban J connectivity index is 0.00000150. The number of pyridine rings is 1. The topological polar surface area (TPSA) is 71.8 Å². The third-order valence-corrected chi connectivity index (χ3v) is 5.98. The van der Waals surface area contributed by atoms with Gasteiger partial charge in [-0.1, -0.05) is 0 Å². The van der Waals surface area contributed by atoms with E-state index in [-0.39, 0.29) is 42.8 Å². The molecule has 4 rings (SSSR count). The SMILES string of the molecule is Cc1cc(-c2cc(C(=O)NC3CCNC3)c3cnn(C(C)C)c3n2)c(C)s1.Cl.Cl. The predicted octanol–water partition coefficient (Wildman–Crippen LogP) is 4.29. The quantitative estimate of drug-likeness (QED) is 0.615. The van der Waals surface area contributed by atoms with Gasteiger partial charge in [-0.3, -0.25) is 4.79 Å². The van der Waals surface area contributed by atoms with Crippen molar-refractivity contribution in [3.8, 4) is 11.3 Å². The van der Waals surface area contributed by atoms with E-state index in [1.54, 1.807) is 17.5 Å². The number of rotatable bonds is 4. The van der Waals surface area contributed by atoms with E-state index in [0.29, 0.717) is 5.56 Å². The first kappa shape index (κ1) is 23.6. The van der Waals surface area contributed by atoms with Crippen LogP contribution in [0.3, 0.4) is 0 Å². The number of fused-ring (bicyclic) bond motifs is 1. The largest absolute Gasteiger partial charge is 0.348 e. The molecular formula is C20H27Cl2N5OS. The Hall–Kier alpha value is -1.67. The molecule has 0 aliphatic carbocycles. The summed E-state index contributed by atoms with van der Waals surface area (Å²) in [6.45, 7) is 10.1. The lowest BCUT2D eigenvalue weighted by Crippen LogP contribution is -2.36. The van der Waals surface area contributed by atoms with Crippen molar-refractivity contribution in [2.24, 2.45) is 0 Å². The molecule has 0 spiro atoms. The minimum Gasteiger partial charge on any atom is -0.348 e. The van der Waals surface area contributed by atoms with Gasteiger partial charge in [-0.2, -0.15) is 5.10 Å². The molecule has 2 N–H and O–H groups in total. The van der Waals surface area contributed by atoms with E-state index < -0.39 is 0 Å². The second kappa shape index (κ2) is 9.43. The standard InChI is InChI=1S/C20H25N5OS.2ClH/c1-11(2)25-19-17(10-22-25)16(20(26)23-14-5-6-21-9-14)8-18(24-19)15-7-12(3)27-13(15)4;;/h7-8,10-11,14,21H,5-6,9H2,1-4H3,(H,23,26);2*1H. The maximum Gasteiger partial charge on any atom is 0.252 e. The molecule has 9 heteroatoms. The van der Waals surface area contributed by atoms with Crippen molar-refractivity contribution in [2.45, 2.75) is 46.2 Å². The summed E-state index contributed by atoms with van der Waals surface area (Å²) in [6.07, 6.45) is 2.72. The van der Waals surface area contributed by atoms with Crippen molar-refractivity contribution in [2.75, 3.05) is 13.1 Å². The Morgan fingerprint density at radius 1 is 1.31 bits per heavy atom.